The molecule has 192 valence electrons. The Morgan fingerprint density at radius 3 is 2.26 bits per heavy atom. The predicted octanol–water partition coefficient (Wildman–Crippen LogP) is 4.93. The average Bonchev–Trinajstić information content (AvgIpc) is 3.36. The first-order chi connectivity index (χ1) is 18.2. The monoisotopic (exact) mass is 548 g/mol. The van der Waals surface area contributed by atoms with E-state index in [2.05, 4.69) is 6.07 Å². The van der Waals surface area contributed by atoms with Crippen LogP contribution in [-0.4, -0.2) is 58.5 Å². The van der Waals surface area contributed by atoms with Gasteiger partial charge in [-0.25, -0.2) is 9.69 Å². The molecule has 5 rings (SSSR count). The van der Waals surface area contributed by atoms with Crippen molar-refractivity contribution in [1.82, 2.24) is 9.80 Å². The predicted molar refractivity (Wildman–Crippen MR) is 142 cm³/mol. The van der Waals surface area contributed by atoms with Gasteiger partial charge in [-0.3, -0.25) is 14.5 Å². The highest BCUT2D eigenvalue weighted by molar-refractivity contribution is 6.35. The zero-order valence-corrected chi connectivity index (χ0v) is 21.7. The highest BCUT2D eigenvalue weighted by Crippen LogP contribution is 2.48. The Labute approximate surface area is 229 Å². The molecule has 3 amide bonds. The van der Waals surface area contributed by atoms with Crippen LogP contribution in [0.4, 0.5) is 10.5 Å². The minimum absolute atomic E-state index is 0.0185. The Kier molecular flexibility index (Phi) is 6.61. The Hall–Kier alpha value is -3.90. The van der Waals surface area contributed by atoms with Gasteiger partial charge in [0, 0.05) is 36.1 Å². The van der Waals surface area contributed by atoms with Gasteiger partial charge in [-0.2, -0.15) is 5.26 Å². The molecule has 0 radical (unpaired) electrons. The van der Waals surface area contributed by atoms with Gasteiger partial charge < -0.3 is 10.0 Å². The molecule has 2 aliphatic heterocycles. The van der Waals surface area contributed by atoms with Crippen molar-refractivity contribution in [2.45, 2.75) is 17.5 Å². The molecule has 1 spiro atoms. The van der Waals surface area contributed by atoms with Crippen molar-refractivity contribution >= 4 is 46.8 Å². The quantitative estimate of drug-likeness (QED) is 0.453. The van der Waals surface area contributed by atoms with E-state index in [1.807, 2.05) is 0 Å². The minimum Gasteiger partial charge on any atom is -0.480 e. The number of carboxylic acid groups (broad SMARTS) is 1. The van der Waals surface area contributed by atoms with Crippen LogP contribution in [0.1, 0.15) is 28.7 Å². The van der Waals surface area contributed by atoms with Crippen LogP contribution in [0.25, 0.3) is 0 Å². The van der Waals surface area contributed by atoms with Crippen molar-refractivity contribution in [3.05, 3.63) is 99.5 Å². The molecule has 2 saturated heterocycles. The Bertz CT molecular complexity index is 1450. The van der Waals surface area contributed by atoms with Crippen molar-refractivity contribution < 1.29 is 19.5 Å². The van der Waals surface area contributed by atoms with Crippen LogP contribution in [0.15, 0.2) is 72.8 Å². The van der Waals surface area contributed by atoms with Crippen molar-refractivity contribution in [2.24, 2.45) is 0 Å². The van der Waals surface area contributed by atoms with E-state index in [9.17, 15) is 24.8 Å². The number of nitriles is 1. The molecule has 3 atom stereocenters. The number of amides is 3. The molecule has 0 saturated carbocycles. The van der Waals surface area contributed by atoms with E-state index < -0.39 is 35.4 Å². The third-order valence-corrected chi connectivity index (χ3v) is 7.79. The lowest BCUT2D eigenvalue weighted by atomic mass is 9.80. The number of anilines is 1. The van der Waals surface area contributed by atoms with Gasteiger partial charge in [0.1, 0.15) is 11.6 Å². The molecule has 1 N–H and O–H groups in total. The Balaban J connectivity index is 1.65. The molecule has 2 aliphatic rings. The van der Waals surface area contributed by atoms with E-state index in [-0.39, 0.29) is 28.8 Å². The van der Waals surface area contributed by atoms with E-state index in [1.54, 1.807) is 66.5 Å². The summed E-state index contributed by atoms with van der Waals surface area (Å²) in [5.41, 5.74) is 0.540. The van der Waals surface area contributed by atoms with Crippen LogP contribution in [0.3, 0.4) is 0 Å². The summed E-state index contributed by atoms with van der Waals surface area (Å²) in [5, 5.41) is 20.0. The van der Waals surface area contributed by atoms with Gasteiger partial charge >= 0.3 is 12.0 Å². The highest BCUT2D eigenvalue weighted by atomic mass is 35.5. The molecule has 8 nitrogen and oxygen atoms in total. The number of carboxylic acids is 1. The maximum Gasteiger partial charge on any atom is 0.332 e. The Morgan fingerprint density at radius 2 is 1.68 bits per heavy atom. The van der Waals surface area contributed by atoms with Crippen LogP contribution in [0.2, 0.25) is 10.0 Å². The van der Waals surface area contributed by atoms with Crippen molar-refractivity contribution in [1.29, 1.82) is 5.26 Å². The van der Waals surface area contributed by atoms with Crippen LogP contribution in [0, 0.1) is 11.3 Å². The lowest BCUT2D eigenvalue weighted by Crippen LogP contribution is -2.54. The van der Waals surface area contributed by atoms with Gasteiger partial charge in [0.25, 0.3) is 5.91 Å². The third-order valence-electron chi connectivity index (χ3n) is 7.35. The minimum atomic E-state index is -1.41. The van der Waals surface area contributed by atoms with Crippen molar-refractivity contribution in [3.8, 4) is 6.07 Å². The number of imide groups is 1. The molecule has 2 heterocycles. The van der Waals surface area contributed by atoms with E-state index in [0.29, 0.717) is 16.7 Å². The molecule has 0 aliphatic carbocycles. The van der Waals surface area contributed by atoms with Gasteiger partial charge in [-0.1, -0.05) is 65.7 Å². The smallest absolute Gasteiger partial charge is 0.332 e. The first kappa shape index (κ1) is 25.7. The number of likely N-dealkylation sites (tertiary alicyclic amines) is 1. The summed E-state index contributed by atoms with van der Waals surface area (Å²) in [7, 11) is 1.55. The zero-order chi connectivity index (χ0) is 27.2. The molecule has 0 aromatic heterocycles. The van der Waals surface area contributed by atoms with Gasteiger partial charge in [0.15, 0.2) is 0 Å². The number of benzene rings is 3. The summed E-state index contributed by atoms with van der Waals surface area (Å²) >= 11 is 12.4. The molecule has 38 heavy (non-hydrogen) atoms. The first-order valence-electron chi connectivity index (χ1n) is 11.8. The van der Waals surface area contributed by atoms with Crippen LogP contribution in [-0.2, 0) is 9.59 Å². The average molecular weight is 549 g/mol. The summed E-state index contributed by atoms with van der Waals surface area (Å²) in [6, 6.07) is 20.5. The van der Waals surface area contributed by atoms with Crippen LogP contribution in [0.5, 0.6) is 0 Å². The van der Waals surface area contributed by atoms with Crippen LogP contribution >= 0.6 is 23.2 Å². The number of carbonyl (C=O) groups excluding carboxylic acids is 2. The fraction of sp³-hybridized carbons (Fsp3) is 0.214. The first-order valence-corrected chi connectivity index (χ1v) is 12.5. The topological polar surface area (TPSA) is 105 Å². The van der Waals surface area contributed by atoms with Gasteiger partial charge in [0.05, 0.1) is 17.3 Å². The molecular formula is C28H22Cl2N4O4. The maximum absolute atomic E-state index is 14.3. The van der Waals surface area contributed by atoms with Crippen LogP contribution < -0.4 is 4.90 Å². The van der Waals surface area contributed by atoms with Gasteiger partial charge in [-0.15, -0.1) is 0 Å². The normalized spacial score (nSPS) is 22.2. The summed E-state index contributed by atoms with van der Waals surface area (Å²) in [6.45, 7) is 0.167. The lowest BCUT2D eigenvalue weighted by molar-refractivity contribution is -0.143. The third kappa shape index (κ3) is 4.09. The number of aliphatic carboxylic acids is 1. The number of hydrogen-bond donors (Lipinski definition) is 1. The Morgan fingerprint density at radius 1 is 1.05 bits per heavy atom. The second-order valence-corrected chi connectivity index (χ2v) is 10.3. The van der Waals surface area contributed by atoms with E-state index in [1.165, 1.54) is 23.1 Å². The molecular weight excluding hydrogens is 527 g/mol. The zero-order valence-electron chi connectivity index (χ0n) is 20.2. The van der Waals surface area contributed by atoms with E-state index in [4.69, 9.17) is 23.2 Å². The number of urea groups is 1. The van der Waals surface area contributed by atoms with Crippen molar-refractivity contribution in [2.75, 3.05) is 25.0 Å². The number of carbonyl (C=O) groups is 3. The summed E-state index contributed by atoms with van der Waals surface area (Å²) in [4.78, 5) is 44.6. The standard InChI is InChI=1S/C28H22Cl2N4O4/c1-32-27(38)34(22-12-20(29)11-21(30)13-22)26(37)28(32)16-33(24(25(35)36)19-5-3-2-4-6-19)15-23(28)18-9-7-17(14-31)8-10-18/h2-13,23-24H,15-16H2,1H3,(H,35,36)/t23-,24?,28+/m0/s1. The fourth-order valence-corrected chi connectivity index (χ4v) is 6.09. The van der Waals surface area contributed by atoms with Gasteiger partial charge in [0.2, 0.25) is 0 Å². The van der Waals surface area contributed by atoms with E-state index >= 15 is 0 Å². The maximum atomic E-state index is 14.3. The summed E-state index contributed by atoms with van der Waals surface area (Å²) in [5.74, 6) is -2.15. The summed E-state index contributed by atoms with van der Waals surface area (Å²) in [6.07, 6.45) is 0. The number of nitrogens with zero attached hydrogens (tertiary/aromatic N) is 4. The van der Waals surface area contributed by atoms with Gasteiger partial charge in [-0.05, 0) is 41.5 Å². The molecule has 3 aromatic carbocycles. The molecule has 2 fully saturated rings. The lowest BCUT2D eigenvalue weighted by Gasteiger charge is -2.34. The molecule has 3 aromatic rings. The largest absolute Gasteiger partial charge is 0.480 e. The number of halogens is 2. The number of hydrogen-bond acceptors (Lipinski definition) is 5. The molecule has 0 bridgehead atoms. The van der Waals surface area contributed by atoms with E-state index in [0.717, 1.165) is 4.90 Å². The second kappa shape index (κ2) is 9.76. The van der Waals surface area contributed by atoms with Crippen molar-refractivity contribution in [3.63, 3.8) is 0 Å². The fourth-order valence-electron chi connectivity index (χ4n) is 5.58. The SMILES string of the molecule is CN1C(=O)N(c2cc(Cl)cc(Cl)c2)C(=O)[C@]12CN(C(C(=O)O)c1ccccc1)C[C@H]2c1ccc(C#N)cc1. The summed E-state index contributed by atoms with van der Waals surface area (Å²) < 4.78 is 0. The number of rotatable bonds is 5. The molecule has 1 unspecified atom stereocenters. The molecule has 10 heteroatoms. The second-order valence-electron chi connectivity index (χ2n) is 9.40. The highest BCUT2D eigenvalue weighted by Gasteiger charge is 2.65. The number of likely N-dealkylation sites (N-methyl/N-ethyl adjacent to an activating group) is 1.